The molecule has 0 saturated carbocycles. The molecule has 2 aromatic heterocycles. The van der Waals surface area contributed by atoms with Gasteiger partial charge in [0.2, 0.25) is 0 Å². The van der Waals surface area contributed by atoms with Crippen LogP contribution in [-0.4, -0.2) is 9.97 Å². The van der Waals surface area contributed by atoms with Crippen molar-refractivity contribution < 1.29 is 0 Å². The maximum absolute atomic E-state index is 6.24. The van der Waals surface area contributed by atoms with Gasteiger partial charge in [-0.2, -0.15) is 0 Å². The molecule has 0 amide bonds. The van der Waals surface area contributed by atoms with Gasteiger partial charge in [0.1, 0.15) is 5.15 Å². The van der Waals surface area contributed by atoms with Gasteiger partial charge in [-0.15, -0.1) is 11.3 Å². The fraction of sp³-hybridized carbons (Fsp3) is 0.0667. The average molecular weight is 366 g/mol. The molecule has 0 unspecified atom stereocenters. The van der Waals surface area contributed by atoms with Crippen molar-refractivity contribution in [2.45, 2.75) is 6.92 Å². The third kappa shape index (κ3) is 2.51. The summed E-state index contributed by atoms with van der Waals surface area (Å²) >= 11 is 11.3. The molecule has 2 heterocycles. The molecule has 2 nitrogen and oxygen atoms in total. The molecule has 0 N–H and O–H groups in total. The number of nitrogens with zero attached hydrogens (tertiary/aromatic N) is 2. The Bertz CT molecular complexity index is 756. The van der Waals surface area contributed by atoms with Gasteiger partial charge in [-0.1, -0.05) is 41.9 Å². The molecule has 0 aliphatic rings. The number of aryl methyl sites for hydroxylation is 1. The van der Waals surface area contributed by atoms with Crippen LogP contribution in [0.15, 0.2) is 46.3 Å². The summed E-state index contributed by atoms with van der Waals surface area (Å²) in [7, 11) is 0. The maximum atomic E-state index is 6.24. The predicted molar refractivity (Wildman–Crippen MR) is 88.2 cm³/mol. The summed E-state index contributed by atoms with van der Waals surface area (Å²) < 4.78 is 0.725. The van der Waals surface area contributed by atoms with E-state index >= 15 is 0 Å². The minimum absolute atomic E-state index is 0.432. The first-order chi connectivity index (χ1) is 9.66. The fourth-order valence-corrected chi connectivity index (χ4v) is 3.35. The standard InChI is InChI=1S/C15H10BrClN2S/c1-9-7-8-20-13(9)15-18-12(11(16)14(17)19-15)10-5-3-2-4-6-10/h2-8H,1H3. The summed E-state index contributed by atoms with van der Waals surface area (Å²) in [6, 6.07) is 12.0. The van der Waals surface area contributed by atoms with Crippen LogP contribution in [0.4, 0.5) is 0 Å². The second-order valence-electron chi connectivity index (χ2n) is 4.30. The molecule has 0 aliphatic heterocycles. The molecular weight excluding hydrogens is 356 g/mol. The number of rotatable bonds is 2. The van der Waals surface area contributed by atoms with Crippen LogP contribution in [0.5, 0.6) is 0 Å². The second kappa shape index (κ2) is 5.64. The normalized spacial score (nSPS) is 10.8. The van der Waals surface area contributed by atoms with Gasteiger partial charge in [0.25, 0.3) is 0 Å². The van der Waals surface area contributed by atoms with Gasteiger partial charge < -0.3 is 0 Å². The monoisotopic (exact) mass is 364 g/mol. The van der Waals surface area contributed by atoms with Gasteiger partial charge in [0.05, 0.1) is 15.0 Å². The van der Waals surface area contributed by atoms with E-state index in [0.717, 1.165) is 26.2 Å². The van der Waals surface area contributed by atoms with E-state index in [0.29, 0.717) is 11.0 Å². The first kappa shape index (κ1) is 13.7. The quantitative estimate of drug-likeness (QED) is 0.553. The van der Waals surface area contributed by atoms with Crippen molar-refractivity contribution in [3.05, 3.63) is 57.0 Å². The van der Waals surface area contributed by atoms with Crippen molar-refractivity contribution in [1.29, 1.82) is 0 Å². The number of benzene rings is 1. The van der Waals surface area contributed by atoms with Gasteiger partial charge in [0.15, 0.2) is 5.82 Å². The van der Waals surface area contributed by atoms with Gasteiger partial charge in [-0.25, -0.2) is 9.97 Å². The number of halogens is 2. The summed E-state index contributed by atoms with van der Waals surface area (Å²) in [5.74, 6) is 0.671. The summed E-state index contributed by atoms with van der Waals surface area (Å²) in [4.78, 5) is 10.1. The van der Waals surface area contributed by atoms with Gasteiger partial charge in [0, 0.05) is 5.56 Å². The van der Waals surface area contributed by atoms with Crippen LogP contribution < -0.4 is 0 Å². The minimum Gasteiger partial charge on any atom is -0.226 e. The van der Waals surface area contributed by atoms with E-state index < -0.39 is 0 Å². The van der Waals surface area contributed by atoms with Gasteiger partial charge in [-0.05, 0) is 39.9 Å². The lowest BCUT2D eigenvalue weighted by atomic mass is 10.1. The molecule has 3 aromatic rings. The Balaban J connectivity index is 2.21. The molecule has 0 radical (unpaired) electrons. The van der Waals surface area contributed by atoms with E-state index in [4.69, 9.17) is 11.6 Å². The molecule has 0 bridgehead atoms. The van der Waals surface area contributed by atoms with Crippen molar-refractivity contribution >= 4 is 38.9 Å². The zero-order valence-corrected chi connectivity index (χ0v) is 13.8. The van der Waals surface area contributed by atoms with Gasteiger partial charge in [-0.3, -0.25) is 0 Å². The summed E-state index contributed by atoms with van der Waals surface area (Å²) in [5, 5.41) is 2.47. The Kier molecular flexibility index (Phi) is 3.87. The number of aromatic nitrogens is 2. The van der Waals surface area contributed by atoms with Crippen molar-refractivity contribution in [3.63, 3.8) is 0 Å². The van der Waals surface area contributed by atoms with E-state index in [1.54, 1.807) is 11.3 Å². The summed E-state index contributed by atoms with van der Waals surface area (Å²) in [5.41, 5.74) is 2.99. The average Bonchev–Trinajstić information content (AvgIpc) is 2.89. The molecule has 0 saturated heterocycles. The van der Waals surface area contributed by atoms with Crippen LogP contribution in [-0.2, 0) is 0 Å². The van der Waals surface area contributed by atoms with Crippen LogP contribution in [0, 0.1) is 6.92 Å². The van der Waals surface area contributed by atoms with Crippen LogP contribution in [0.25, 0.3) is 22.0 Å². The molecule has 1 aromatic carbocycles. The van der Waals surface area contributed by atoms with Crippen LogP contribution in [0.1, 0.15) is 5.56 Å². The van der Waals surface area contributed by atoms with Crippen LogP contribution in [0.2, 0.25) is 5.15 Å². The first-order valence-corrected chi connectivity index (χ1v) is 8.05. The zero-order valence-electron chi connectivity index (χ0n) is 10.6. The van der Waals surface area contributed by atoms with Crippen LogP contribution in [0.3, 0.4) is 0 Å². The Morgan fingerprint density at radius 1 is 1.10 bits per heavy atom. The molecule has 20 heavy (non-hydrogen) atoms. The lowest BCUT2D eigenvalue weighted by molar-refractivity contribution is 1.17. The fourth-order valence-electron chi connectivity index (χ4n) is 1.91. The maximum Gasteiger partial charge on any atom is 0.171 e. The SMILES string of the molecule is Cc1ccsc1-c1nc(Cl)c(Br)c(-c2ccccc2)n1. The van der Waals surface area contributed by atoms with E-state index in [1.165, 1.54) is 0 Å². The van der Waals surface area contributed by atoms with Gasteiger partial charge >= 0.3 is 0 Å². The summed E-state index contributed by atoms with van der Waals surface area (Å²) in [6.07, 6.45) is 0. The Morgan fingerprint density at radius 3 is 2.50 bits per heavy atom. The molecular formula is C15H10BrClN2S. The Hall–Kier alpha value is -1.23. The molecule has 100 valence electrons. The Labute approximate surface area is 134 Å². The largest absolute Gasteiger partial charge is 0.226 e. The van der Waals surface area contributed by atoms with Crippen molar-refractivity contribution in [2.24, 2.45) is 0 Å². The highest BCUT2D eigenvalue weighted by molar-refractivity contribution is 9.10. The highest BCUT2D eigenvalue weighted by atomic mass is 79.9. The highest BCUT2D eigenvalue weighted by Gasteiger charge is 2.15. The third-order valence-corrected chi connectivity index (χ3v) is 5.19. The highest BCUT2D eigenvalue weighted by Crippen LogP contribution is 2.35. The van der Waals surface area contributed by atoms with E-state index in [-0.39, 0.29) is 0 Å². The molecule has 0 aliphatic carbocycles. The lowest BCUT2D eigenvalue weighted by Gasteiger charge is -2.08. The molecule has 0 atom stereocenters. The van der Waals surface area contributed by atoms with Crippen LogP contribution >= 0.6 is 38.9 Å². The van der Waals surface area contributed by atoms with E-state index in [9.17, 15) is 0 Å². The molecule has 3 rings (SSSR count). The number of thiophene rings is 1. The topological polar surface area (TPSA) is 25.8 Å². The zero-order chi connectivity index (χ0) is 14.1. The molecule has 0 fully saturated rings. The number of hydrogen-bond acceptors (Lipinski definition) is 3. The van der Waals surface area contributed by atoms with Crippen molar-refractivity contribution in [2.75, 3.05) is 0 Å². The summed E-state index contributed by atoms with van der Waals surface area (Å²) in [6.45, 7) is 2.05. The Morgan fingerprint density at radius 2 is 1.85 bits per heavy atom. The second-order valence-corrected chi connectivity index (χ2v) is 6.37. The van der Waals surface area contributed by atoms with E-state index in [2.05, 4.69) is 32.0 Å². The first-order valence-electron chi connectivity index (χ1n) is 5.99. The van der Waals surface area contributed by atoms with Crippen molar-refractivity contribution in [3.8, 4) is 22.0 Å². The third-order valence-electron chi connectivity index (χ3n) is 2.92. The number of hydrogen-bond donors (Lipinski definition) is 0. The van der Waals surface area contributed by atoms with Crippen molar-refractivity contribution in [1.82, 2.24) is 9.97 Å². The predicted octanol–water partition coefficient (Wildman–Crippen LogP) is 5.60. The lowest BCUT2D eigenvalue weighted by Crippen LogP contribution is -1.94. The molecule has 0 spiro atoms. The smallest absolute Gasteiger partial charge is 0.171 e. The minimum atomic E-state index is 0.432. The van der Waals surface area contributed by atoms with E-state index in [1.807, 2.05) is 42.6 Å². The molecule has 5 heteroatoms.